The number of hydrogen-bond acceptors (Lipinski definition) is 6. The van der Waals surface area contributed by atoms with Crippen LogP contribution in [0, 0.1) is 0 Å². The number of hydrogen-bond donors (Lipinski definition) is 2. The standard InChI is InChI=1S/C70H135N2O6P/c1-6-8-10-12-14-16-18-20-22-24-26-28-30-32-34-36-38-40-42-44-46-48-50-52-54-56-58-60-62-64-70(74)71-68(67-78-79(75,76)77-66-65-72(3,4)5)69(73)63-61-59-57-55-53-51-49-47-45-43-41-39-37-35-33-31-29-27-25-23-21-19-17-15-13-11-9-7-2/h18,20,24,26,53,55,61,63,68-69,73H,6-17,19,21-23,25,27-52,54,56-60,62,64-67H2,1-5H3,(H-,71,74,75,76)/b20-18-,26-24-,55-53+,63-61+. The fourth-order valence-electron chi connectivity index (χ4n) is 10.4. The Balaban J connectivity index is 4.10. The first-order chi connectivity index (χ1) is 38.5. The Labute approximate surface area is 492 Å². The quantitative estimate of drug-likeness (QED) is 0.0272. The van der Waals surface area contributed by atoms with E-state index in [1.807, 2.05) is 27.2 Å². The molecule has 2 N–H and O–H groups in total. The van der Waals surface area contributed by atoms with Crippen LogP contribution >= 0.6 is 7.82 Å². The van der Waals surface area contributed by atoms with E-state index in [0.717, 1.165) is 44.9 Å². The molecule has 0 saturated carbocycles. The van der Waals surface area contributed by atoms with Crippen molar-refractivity contribution in [3.63, 3.8) is 0 Å². The van der Waals surface area contributed by atoms with Crippen molar-refractivity contribution in [1.82, 2.24) is 5.32 Å². The number of unbranched alkanes of at least 4 members (excludes halogenated alkanes) is 45. The van der Waals surface area contributed by atoms with Crippen molar-refractivity contribution < 1.29 is 32.9 Å². The molecule has 466 valence electrons. The molecule has 0 spiro atoms. The SMILES string of the molecule is CCCCCCC/C=C\C/C=C\CCCCCCCCCCCCCCCCCCCC(=O)NC(COP(=O)([O-])OCC[N+](C)(C)C)C(O)/C=C/CC/C=C/CCCCCCCCCCCCCCCCCCCCCCCC. The molecule has 3 unspecified atom stereocenters. The van der Waals surface area contributed by atoms with Gasteiger partial charge in [-0.25, -0.2) is 0 Å². The topological polar surface area (TPSA) is 108 Å². The molecule has 0 heterocycles. The molecule has 8 nitrogen and oxygen atoms in total. The minimum absolute atomic E-state index is 0.00564. The number of amides is 1. The molecule has 0 aliphatic heterocycles. The van der Waals surface area contributed by atoms with Gasteiger partial charge in [0.15, 0.2) is 0 Å². The lowest BCUT2D eigenvalue weighted by Crippen LogP contribution is -2.45. The minimum Gasteiger partial charge on any atom is -0.756 e. The Morgan fingerprint density at radius 2 is 0.747 bits per heavy atom. The zero-order valence-corrected chi connectivity index (χ0v) is 54.2. The fraction of sp³-hybridized carbons (Fsp3) is 0.871. The van der Waals surface area contributed by atoms with Gasteiger partial charge in [0, 0.05) is 6.42 Å². The zero-order chi connectivity index (χ0) is 57.7. The Hall–Kier alpha value is -1.54. The second-order valence-corrected chi connectivity index (χ2v) is 26.3. The maximum absolute atomic E-state index is 13.0. The Morgan fingerprint density at radius 1 is 0.443 bits per heavy atom. The molecule has 0 rings (SSSR count). The van der Waals surface area contributed by atoms with Gasteiger partial charge < -0.3 is 28.8 Å². The number of likely N-dealkylation sites (N-methyl/N-ethyl adjacent to an activating group) is 1. The molecule has 0 bridgehead atoms. The van der Waals surface area contributed by atoms with Crippen molar-refractivity contribution in [2.45, 2.75) is 353 Å². The van der Waals surface area contributed by atoms with E-state index in [-0.39, 0.29) is 12.5 Å². The van der Waals surface area contributed by atoms with Gasteiger partial charge in [-0.3, -0.25) is 9.36 Å². The molecule has 0 aliphatic rings. The van der Waals surface area contributed by atoms with Crippen LogP contribution in [0.5, 0.6) is 0 Å². The minimum atomic E-state index is -4.61. The molecule has 0 saturated heterocycles. The summed E-state index contributed by atoms with van der Waals surface area (Å²) in [6.45, 7) is 4.67. The number of rotatable bonds is 64. The van der Waals surface area contributed by atoms with Crippen LogP contribution in [0.2, 0.25) is 0 Å². The van der Waals surface area contributed by atoms with Crippen molar-refractivity contribution in [3.05, 3.63) is 48.6 Å². The van der Waals surface area contributed by atoms with Gasteiger partial charge in [-0.05, 0) is 64.2 Å². The number of nitrogens with one attached hydrogen (secondary N) is 1. The van der Waals surface area contributed by atoms with E-state index in [2.05, 4.69) is 55.6 Å². The van der Waals surface area contributed by atoms with Crippen molar-refractivity contribution >= 4 is 13.7 Å². The van der Waals surface area contributed by atoms with Crippen molar-refractivity contribution in [2.75, 3.05) is 40.9 Å². The monoisotopic (exact) mass is 1130 g/mol. The maximum atomic E-state index is 13.0. The van der Waals surface area contributed by atoms with Crippen LogP contribution in [0.25, 0.3) is 0 Å². The largest absolute Gasteiger partial charge is 0.756 e. The molecular formula is C70H135N2O6P. The summed E-state index contributed by atoms with van der Waals surface area (Å²) in [4.78, 5) is 25.6. The summed E-state index contributed by atoms with van der Waals surface area (Å²) in [7, 11) is 1.26. The van der Waals surface area contributed by atoms with Crippen LogP contribution in [0.1, 0.15) is 341 Å². The highest BCUT2D eigenvalue weighted by Gasteiger charge is 2.23. The normalized spacial score (nSPS) is 14.0. The van der Waals surface area contributed by atoms with Crippen LogP contribution in [0.3, 0.4) is 0 Å². The van der Waals surface area contributed by atoms with Crippen molar-refractivity contribution in [1.29, 1.82) is 0 Å². The van der Waals surface area contributed by atoms with Gasteiger partial charge in [-0.15, -0.1) is 0 Å². The summed E-state index contributed by atoms with van der Waals surface area (Å²) in [6.07, 6.45) is 82.3. The van der Waals surface area contributed by atoms with E-state index >= 15 is 0 Å². The van der Waals surface area contributed by atoms with E-state index in [0.29, 0.717) is 17.4 Å². The van der Waals surface area contributed by atoms with Gasteiger partial charge >= 0.3 is 0 Å². The van der Waals surface area contributed by atoms with Crippen LogP contribution in [0.15, 0.2) is 48.6 Å². The lowest BCUT2D eigenvalue weighted by atomic mass is 10.0. The van der Waals surface area contributed by atoms with Gasteiger partial charge in [0.25, 0.3) is 7.82 Å². The first kappa shape index (κ1) is 77.5. The smallest absolute Gasteiger partial charge is 0.268 e. The highest BCUT2D eigenvalue weighted by atomic mass is 31.2. The highest BCUT2D eigenvalue weighted by Crippen LogP contribution is 2.38. The number of phosphoric ester groups is 1. The molecule has 1 amide bonds. The molecule has 79 heavy (non-hydrogen) atoms. The van der Waals surface area contributed by atoms with Crippen molar-refractivity contribution in [2.24, 2.45) is 0 Å². The van der Waals surface area contributed by atoms with Gasteiger partial charge in [-0.2, -0.15) is 0 Å². The lowest BCUT2D eigenvalue weighted by Gasteiger charge is -2.29. The summed E-state index contributed by atoms with van der Waals surface area (Å²) >= 11 is 0. The molecule has 3 atom stereocenters. The van der Waals surface area contributed by atoms with Gasteiger partial charge in [0.2, 0.25) is 5.91 Å². The number of carbonyl (C=O) groups is 1. The third-order valence-corrected chi connectivity index (χ3v) is 16.7. The van der Waals surface area contributed by atoms with Crippen molar-refractivity contribution in [3.8, 4) is 0 Å². The first-order valence-electron chi connectivity index (χ1n) is 34.5. The third-order valence-electron chi connectivity index (χ3n) is 15.8. The average molecular weight is 1130 g/mol. The predicted octanol–water partition coefficient (Wildman–Crippen LogP) is 21.2. The van der Waals surface area contributed by atoms with E-state index in [9.17, 15) is 19.4 Å². The molecular weight excluding hydrogens is 996 g/mol. The van der Waals surface area contributed by atoms with E-state index < -0.39 is 26.6 Å². The summed E-state index contributed by atoms with van der Waals surface area (Å²) < 4.78 is 23.4. The Bertz CT molecular complexity index is 1430. The second-order valence-electron chi connectivity index (χ2n) is 24.9. The number of phosphoric acid groups is 1. The van der Waals surface area contributed by atoms with E-state index in [4.69, 9.17) is 9.05 Å². The zero-order valence-electron chi connectivity index (χ0n) is 53.3. The van der Waals surface area contributed by atoms with Gasteiger partial charge in [-0.1, -0.05) is 319 Å². The summed E-state index contributed by atoms with van der Waals surface area (Å²) in [5.74, 6) is -0.202. The Kier molecular flexibility index (Phi) is 59.8. The fourth-order valence-corrected chi connectivity index (χ4v) is 11.1. The number of nitrogens with zero attached hydrogens (tertiary/aromatic N) is 1. The molecule has 9 heteroatoms. The molecule has 0 aliphatic carbocycles. The molecule has 0 fully saturated rings. The van der Waals surface area contributed by atoms with Crippen LogP contribution in [0.4, 0.5) is 0 Å². The second kappa shape index (κ2) is 61.0. The number of allylic oxidation sites excluding steroid dienone is 7. The van der Waals surface area contributed by atoms with Gasteiger partial charge in [0.05, 0.1) is 39.9 Å². The number of aliphatic hydroxyl groups is 1. The number of quaternary nitrogens is 1. The summed E-state index contributed by atoms with van der Waals surface area (Å²) in [5, 5.41) is 13.9. The maximum Gasteiger partial charge on any atom is 0.268 e. The van der Waals surface area contributed by atoms with Crippen LogP contribution in [-0.4, -0.2) is 68.5 Å². The lowest BCUT2D eigenvalue weighted by molar-refractivity contribution is -0.870. The molecule has 0 aromatic carbocycles. The molecule has 0 aromatic heterocycles. The first-order valence-corrected chi connectivity index (χ1v) is 36.0. The average Bonchev–Trinajstić information content (AvgIpc) is 3.42. The Morgan fingerprint density at radius 3 is 1.10 bits per heavy atom. The number of aliphatic hydroxyl groups excluding tert-OH is 1. The highest BCUT2D eigenvalue weighted by molar-refractivity contribution is 7.45. The van der Waals surface area contributed by atoms with E-state index in [1.54, 1.807) is 6.08 Å². The van der Waals surface area contributed by atoms with Gasteiger partial charge in [0.1, 0.15) is 13.2 Å². The predicted molar refractivity (Wildman–Crippen MR) is 344 cm³/mol. The third kappa shape index (κ3) is 63.9. The molecule has 0 radical (unpaired) electrons. The molecule has 0 aromatic rings. The number of carbonyl (C=O) groups excluding carboxylic acids is 1. The van der Waals surface area contributed by atoms with E-state index in [1.165, 1.54) is 276 Å². The van der Waals surface area contributed by atoms with Crippen LogP contribution in [-0.2, 0) is 18.4 Å². The summed E-state index contributed by atoms with van der Waals surface area (Å²) in [6, 6.07) is -0.905. The van der Waals surface area contributed by atoms with Crippen LogP contribution < -0.4 is 10.2 Å². The summed E-state index contributed by atoms with van der Waals surface area (Å²) in [5.41, 5.74) is 0.